The Balaban J connectivity index is 1.78. The van der Waals surface area contributed by atoms with Crippen LogP contribution in [-0.4, -0.2) is 38.8 Å². The third-order valence-electron chi connectivity index (χ3n) is 3.49. The molecular formula is C17H22N2O4S2. The fourth-order valence-electron chi connectivity index (χ4n) is 2.17. The number of hydrogen-bond donors (Lipinski definition) is 1. The molecule has 0 aliphatic carbocycles. The molecule has 6 nitrogen and oxygen atoms in total. The Morgan fingerprint density at radius 2 is 1.96 bits per heavy atom. The molecule has 0 bridgehead atoms. The van der Waals surface area contributed by atoms with Crippen LogP contribution in [-0.2, 0) is 14.8 Å². The van der Waals surface area contributed by atoms with E-state index in [0.29, 0.717) is 22.9 Å². The quantitative estimate of drug-likeness (QED) is 0.723. The molecule has 0 radical (unpaired) electrons. The van der Waals surface area contributed by atoms with Crippen LogP contribution in [0, 0.1) is 0 Å². The number of thiophene rings is 1. The van der Waals surface area contributed by atoms with Gasteiger partial charge >= 0.3 is 0 Å². The molecule has 0 atom stereocenters. The van der Waals surface area contributed by atoms with Crippen LogP contribution in [0.1, 0.15) is 19.8 Å². The minimum atomic E-state index is -3.46. The maximum absolute atomic E-state index is 12.3. The molecule has 1 aromatic heterocycles. The average Bonchev–Trinajstić information content (AvgIpc) is 3.12. The second-order valence-electron chi connectivity index (χ2n) is 5.37. The highest BCUT2D eigenvalue weighted by atomic mass is 32.2. The summed E-state index contributed by atoms with van der Waals surface area (Å²) in [6, 6.07) is 10.4. The van der Waals surface area contributed by atoms with Gasteiger partial charge in [-0.15, -0.1) is 11.3 Å². The second kappa shape index (κ2) is 8.98. The molecule has 8 heteroatoms. The number of hydrogen-bond acceptors (Lipinski definition) is 5. The Morgan fingerprint density at radius 3 is 2.56 bits per heavy atom. The van der Waals surface area contributed by atoms with Crippen LogP contribution in [0.25, 0.3) is 0 Å². The van der Waals surface area contributed by atoms with E-state index >= 15 is 0 Å². The van der Waals surface area contributed by atoms with Crippen LogP contribution in [0.4, 0.5) is 5.69 Å². The molecule has 25 heavy (non-hydrogen) atoms. The number of amides is 1. The molecule has 0 spiro atoms. The highest BCUT2D eigenvalue weighted by molar-refractivity contribution is 7.91. The first-order chi connectivity index (χ1) is 11.9. The van der Waals surface area contributed by atoms with E-state index in [1.165, 1.54) is 22.7 Å². The van der Waals surface area contributed by atoms with Gasteiger partial charge in [0.15, 0.2) is 0 Å². The lowest BCUT2D eigenvalue weighted by molar-refractivity contribution is -0.116. The van der Waals surface area contributed by atoms with Gasteiger partial charge in [-0.3, -0.25) is 4.79 Å². The molecule has 1 heterocycles. The van der Waals surface area contributed by atoms with Gasteiger partial charge in [-0.1, -0.05) is 6.07 Å². The fourth-order valence-corrected chi connectivity index (χ4v) is 4.58. The van der Waals surface area contributed by atoms with Gasteiger partial charge in [0.1, 0.15) is 9.96 Å². The summed E-state index contributed by atoms with van der Waals surface area (Å²) in [4.78, 5) is 12.0. The molecule has 0 saturated heterocycles. The summed E-state index contributed by atoms with van der Waals surface area (Å²) in [7, 11) is -1.93. The summed E-state index contributed by atoms with van der Waals surface area (Å²) in [5.41, 5.74) is 0.688. The summed E-state index contributed by atoms with van der Waals surface area (Å²) >= 11 is 1.19. The predicted molar refractivity (Wildman–Crippen MR) is 99.6 cm³/mol. The standard InChI is InChI=1S/C17H22N2O4S2/c1-3-23-15-10-8-14(9-11-15)18-16(20)6-4-12-19(2)25(21,22)17-7-5-13-24-17/h5,7-11,13H,3-4,6,12H2,1-2H3,(H,18,20). The van der Waals surface area contributed by atoms with Crippen molar-refractivity contribution < 1.29 is 17.9 Å². The van der Waals surface area contributed by atoms with Crippen molar-refractivity contribution in [3.8, 4) is 5.75 Å². The maximum Gasteiger partial charge on any atom is 0.252 e. The number of carbonyl (C=O) groups excluding carboxylic acids is 1. The van der Waals surface area contributed by atoms with E-state index in [4.69, 9.17) is 4.74 Å². The van der Waals surface area contributed by atoms with Gasteiger partial charge in [-0.05, 0) is 49.1 Å². The highest BCUT2D eigenvalue weighted by Crippen LogP contribution is 2.20. The normalized spacial score (nSPS) is 11.5. The molecule has 0 unspecified atom stereocenters. The summed E-state index contributed by atoms with van der Waals surface area (Å²) in [5.74, 6) is 0.604. The lowest BCUT2D eigenvalue weighted by atomic mass is 10.2. The van der Waals surface area contributed by atoms with E-state index in [1.54, 1.807) is 41.8 Å². The fraction of sp³-hybridized carbons (Fsp3) is 0.353. The molecule has 0 saturated carbocycles. The largest absolute Gasteiger partial charge is 0.494 e. The molecule has 0 aliphatic rings. The zero-order chi connectivity index (χ0) is 18.3. The third-order valence-corrected chi connectivity index (χ3v) is 6.72. The van der Waals surface area contributed by atoms with Gasteiger partial charge in [0.2, 0.25) is 5.91 Å². The van der Waals surface area contributed by atoms with Crippen molar-refractivity contribution in [2.24, 2.45) is 0 Å². The monoisotopic (exact) mass is 382 g/mol. The Morgan fingerprint density at radius 1 is 1.24 bits per heavy atom. The van der Waals surface area contributed by atoms with E-state index in [1.807, 2.05) is 6.92 Å². The van der Waals surface area contributed by atoms with E-state index < -0.39 is 10.0 Å². The molecule has 1 aromatic carbocycles. The molecule has 2 aromatic rings. The van der Waals surface area contributed by atoms with Crippen LogP contribution >= 0.6 is 11.3 Å². The number of nitrogens with zero attached hydrogens (tertiary/aromatic N) is 1. The lowest BCUT2D eigenvalue weighted by Crippen LogP contribution is -2.28. The van der Waals surface area contributed by atoms with Gasteiger partial charge in [-0.25, -0.2) is 12.7 Å². The van der Waals surface area contributed by atoms with Crippen molar-refractivity contribution in [1.29, 1.82) is 0 Å². The van der Waals surface area contributed by atoms with E-state index in [2.05, 4.69) is 5.32 Å². The van der Waals surface area contributed by atoms with E-state index in [9.17, 15) is 13.2 Å². The van der Waals surface area contributed by atoms with E-state index in [-0.39, 0.29) is 18.9 Å². The van der Waals surface area contributed by atoms with Crippen LogP contribution in [0.15, 0.2) is 46.0 Å². The SMILES string of the molecule is CCOc1ccc(NC(=O)CCCN(C)S(=O)(=O)c2cccs2)cc1. The van der Waals surface area contributed by atoms with Crippen molar-refractivity contribution in [3.63, 3.8) is 0 Å². The Bertz CT molecular complexity index is 771. The lowest BCUT2D eigenvalue weighted by Gasteiger charge is -2.15. The molecule has 136 valence electrons. The Labute approximate surface area is 152 Å². The first-order valence-electron chi connectivity index (χ1n) is 7.96. The number of nitrogens with one attached hydrogen (secondary N) is 1. The first-order valence-corrected chi connectivity index (χ1v) is 10.3. The number of benzene rings is 1. The number of rotatable bonds is 9. The minimum Gasteiger partial charge on any atom is -0.494 e. The van der Waals surface area contributed by atoms with Gasteiger partial charge in [0, 0.05) is 25.7 Å². The van der Waals surface area contributed by atoms with Crippen molar-refractivity contribution in [2.75, 3.05) is 25.5 Å². The maximum atomic E-state index is 12.3. The van der Waals surface area contributed by atoms with Gasteiger partial charge in [0.25, 0.3) is 10.0 Å². The number of anilines is 1. The van der Waals surface area contributed by atoms with Crippen molar-refractivity contribution in [3.05, 3.63) is 41.8 Å². The highest BCUT2D eigenvalue weighted by Gasteiger charge is 2.21. The Hall–Kier alpha value is -1.90. The van der Waals surface area contributed by atoms with Gasteiger partial charge < -0.3 is 10.1 Å². The van der Waals surface area contributed by atoms with Crippen molar-refractivity contribution in [2.45, 2.75) is 24.0 Å². The van der Waals surface area contributed by atoms with Crippen molar-refractivity contribution in [1.82, 2.24) is 4.31 Å². The van der Waals surface area contributed by atoms with E-state index in [0.717, 1.165) is 5.75 Å². The number of carbonyl (C=O) groups is 1. The number of ether oxygens (including phenoxy) is 1. The summed E-state index contributed by atoms with van der Waals surface area (Å²) in [6.45, 7) is 2.79. The molecule has 2 rings (SSSR count). The average molecular weight is 383 g/mol. The summed E-state index contributed by atoms with van der Waals surface area (Å²) in [5, 5.41) is 4.52. The summed E-state index contributed by atoms with van der Waals surface area (Å²) < 4.78 is 31.5. The second-order valence-corrected chi connectivity index (χ2v) is 8.59. The third kappa shape index (κ3) is 5.55. The smallest absolute Gasteiger partial charge is 0.252 e. The molecule has 0 aliphatic heterocycles. The van der Waals surface area contributed by atoms with Gasteiger partial charge in [-0.2, -0.15) is 0 Å². The molecule has 1 N–H and O–H groups in total. The van der Waals surface area contributed by atoms with Crippen LogP contribution in [0.5, 0.6) is 5.75 Å². The zero-order valence-electron chi connectivity index (χ0n) is 14.3. The van der Waals surface area contributed by atoms with Crippen molar-refractivity contribution >= 4 is 33.0 Å². The van der Waals surface area contributed by atoms with Crippen LogP contribution < -0.4 is 10.1 Å². The van der Waals surface area contributed by atoms with Crippen LogP contribution in [0.2, 0.25) is 0 Å². The number of sulfonamides is 1. The minimum absolute atomic E-state index is 0.147. The summed E-state index contributed by atoms with van der Waals surface area (Å²) in [6.07, 6.45) is 0.696. The first kappa shape index (κ1) is 19.4. The predicted octanol–water partition coefficient (Wildman–Crippen LogP) is 3.19. The molecule has 1 amide bonds. The zero-order valence-corrected chi connectivity index (χ0v) is 15.9. The Kier molecular flexibility index (Phi) is 6.98. The molecule has 0 fully saturated rings. The van der Waals surface area contributed by atoms with Gasteiger partial charge in [0.05, 0.1) is 6.61 Å². The van der Waals surface area contributed by atoms with Crippen LogP contribution in [0.3, 0.4) is 0 Å². The topological polar surface area (TPSA) is 75.7 Å². The molecular weight excluding hydrogens is 360 g/mol.